The molecule has 0 radical (unpaired) electrons. The zero-order valence-electron chi connectivity index (χ0n) is 18.3. The van der Waals surface area contributed by atoms with E-state index >= 15 is 0 Å². The van der Waals surface area contributed by atoms with E-state index in [1.54, 1.807) is 24.3 Å². The maximum atomic E-state index is 13.4. The predicted molar refractivity (Wildman–Crippen MR) is 127 cm³/mol. The molecule has 1 aliphatic rings. The summed E-state index contributed by atoms with van der Waals surface area (Å²) in [5, 5.41) is 4.49. The average Bonchev–Trinajstić information content (AvgIpc) is 3.05. The van der Waals surface area contributed by atoms with Crippen molar-refractivity contribution in [2.45, 2.75) is 50.3 Å². The summed E-state index contributed by atoms with van der Waals surface area (Å²) in [6.45, 7) is 1.44. The van der Waals surface area contributed by atoms with Gasteiger partial charge in [-0.1, -0.05) is 42.1 Å². The number of rotatable bonds is 7. The van der Waals surface area contributed by atoms with Crippen LogP contribution >= 0.6 is 11.6 Å². The summed E-state index contributed by atoms with van der Waals surface area (Å²) in [5.41, 5.74) is 4.66. The number of hydrogen-bond acceptors (Lipinski definition) is 5. The Bertz CT molecular complexity index is 1070. The molecule has 9 heteroatoms. The molecule has 1 saturated carbocycles. The van der Waals surface area contributed by atoms with Gasteiger partial charge in [0.05, 0.1) is 22.7 Å². The fourth-order valence-corrected chi connectivity index (χ4v) is 5.18. The van der Waals surface area contributed by atoms with E-state index in [-0.39, 0.29) is 15.6 Å². The van der Waals surface area contributed by atoms with Gasteiger partial charge < -0.3 is 4.74 Å². The quantitative estimate of drug-likeness (QED) is 0.463. The Morgan fingerprint density at radius 3 is 2.34 bits per heavy atom. The highest BCUT2D eigenvalue weighted by Crippen LogP contribution is 2.32. The predicted octanol–water partition coefficient (Wildman–Crippen LogP) is 4.68. The molecule has 32 heavy (non-hydrogen) atoms. The van der Waals surface area contributed by atoms with Crippen LogP contribution in [-0.2, 0) is 14.8 Å². The van der Waals surface area contributed by atoms with E-state index in [1.807, 2.05) is 6.92 Å². The fourth-order valence-electron chi connectivity index (χ4n) is 3.52. The van der Waals surface area contributed by atoms with Crippen LogP contribution in [-0.4, -0.2) is 33.7 Å². The number of benzene rings is 2. The highest BCUT2D eigenvalue weighted by molar-refractivity contribution is 7.92. The lowest BCUT2D eigenvalue weighted by Crippen LogP contribution is -2.39. The summed E-state index contributed by atoms with van der Waals surface area (Å²) >= 11 is 6.24. The van der Waals surface area contributed by atoms with Crippen molar-refractivity contribution in [3.63, 3.8) is 0 Å². The number of ether oxygens (including phenoxy) is 1. The lowest BCUT2D eigenvalue weighted by Gasteiger charge is -2.24. The second-order valence-electron chi connectivity index (χ2n) is 7.77. The van der Waals surface area contributed by atoms with E-state index in [2.05, 4.69) is 10.5 Å². The first-order valence-electron chi connectivity index (χ1n) is 10.6. The van der Waals surface area contributed by atoms with Crippen LogP contribution in [0.2, 0.25) is 5.02 Å². The molecule has 7 nitrogen and oxygen atoms in total. The van der Waals surface area contributed by atoms with E-state index in [9.17, 15) is 13.2 Å². The Morgan fingerprint density at radius 1 is 1.09 bits per heavy atom. The molecule has 1 N–H and O–H groups in total. The van der Waals surface area contributed by atoms with Crippen molar-refractivity contribution in [3.05, 3.63) is 53.1 Å². The van der Waals surface area contributed by atoms with Gasteiger partial charge in [-0.15, -0.1) is 0 Å². The topological polar surface area (TPSA) is 88.1 Å². The molecule has 0 aliphatic heterocycles. The summed E-state index contributed by atoms with van der Waals surface area (Å²) in [6, 6.07) is 11.1. The van der Waals surface area contributed by atoms with Crippen LogP contribution in [0.25, 0.3) is 0 Å². The number of hydrazone groups is 1. The van der Waals surface area contributed by atoms with Gasteiger partial charge in [0, 0.05) is 5.71 Å². The highest BCUT2D eigenvalue weighted by Gasteiger charge is 2.28. The smallest absolute Gasteiger partial charge is 0.264 e. The molecule has 0 spiro atoms. The molecule has 0 bridgehead atoms. The summed E-state index contributed by atoms with van der Waals surface area (Å²) in [6.07, 6.45) is 6.11. The summed E-state index contributed by atoms with van der Waals surface area (Å²) in [5.74, 6) is -0.114. The van der Waals surface area contributed by atoms with Crippen LogP contribution in [0.15, 0.2) is 52.5 Å². The first-order valence-corrected chi connectivity index (χ1v) is 12.4. The molecule has 0 saturated heterocycles. The largest absolute Gasteiger partial charge is 0.495 e. The molecular weight excluding hydrogens is 450 g/mol. The number of amides is 1. The van der Waals surface area contributed by atoms with Crippen molar-refractivity contribution in [1.82, 2.24) is 5.43 Å². The maximum absolute atomic E-state index is 13.4. The van der Waals surface area contributed by atoms with Gasteiger partial charge in [0.1, 0.15) is 12.3 Å². The number of nitrogens with zero attached hydrogens (tertiary/aromatic N) is 2. The Labute approximate surface area is 194 Å². The molecule has 1 fully saturated rings. The molecule has 1 aliphatic carbocycles. The minimum atomic E-state index is -4.03. The minimum Gasteiger partial charge on any atom is -0.495 e. The van der Waals surface area contributed by atoms with Gasteiger partial charge in [-0.2, -0.15) is 5.10 Å². The van der Waals surface area contributed by atoms with Gasteiger partial charge in [-0.05, 0) is 62.9 Å². The Kier molecular flexibility index (Phi) is 8.15. The van der Waals surface area contributed by atoms with E-state index < -0.39 is 22.5 Å². The van der Waals surface area contributed by atoms with Gasteiger partial charge in [0.15, 0.2) is 0 Å². The number of carbonyl (C=O) groups excluding carboxylic acids is 1. The molecule has 172 valence electrons. The third kappa shape index (κ3) is 6.01. The van der Waals surface area contributed by atoms with Crippen LogP contribution in [0.3, 0.4) is 0 Å². The zero-order valence-corrected chi connectivity index (χ0v) is 19.9. The fraction of sp³-hybridized carbons (Fsp3) is 0.391. The SMILES string of the molecule is COc1ccc(N(CC(=O)NN=C2CCCCCC2)S(=O)(=O)c2ccc(C)cc2)cc1Cl. The van der Waals surface area contributed by atoms with E-state index in [0.29, 0.717) is 5.75 Å². The highest BCUT2D eigenvalue weighted by atomic mass is 35.5. The Hall–Kier alpha value is -2.58. The zero-order chi connectivity index (χ0) is 23.1. The van der Waals surface area contributed by atoms with Gasteiger partial charge in [-0.3, -0.25) is 9.10 Å². The molecule has 2 aromatic carbocycles. The number of carbonyl (C=O) groups is 1. The third-order valence-corrected chi connectivity index (χ3v) is 7.42. The van der Waals surface area contributed by atoms with Crippen LogP contribution in [0.4, 0.5) is 5.69 Å². The van der Waals surface area contributed by atoms with Crippen molar-refractivity contribution >= 4 is 38.9 Å². The first kappa shape index (κ1) is 24.1. The lowest BCUT2D eigenvalue weighted by atomic mass is 10.2. The van der Waals surface area contributed by atoms with Gasteiger partial charge in [-0.25, -0.2) is 13.8 Å². The summed E-state index contributed by atoms with van der Waals surface area (Å²) in [4.78, 5) is 12.8. The molecule has 2 aromatic rings. The van der Waals surface area contributed by atoms with Crippen molar-refractivity contribution < 1.29 is 17.9 Å². The molecule has 0 heterocycles. The third-order valence-electron chi connectivity index (χ3n) is 5.34. The number of sulfonamides is 1. The van der Waals surface area contributed by atoms with E-state index in [0.717, 1.165) is 54.1 Å². The lowest BCUT2D eigenvalue weighted by molar-refractivity contribution is -0.119. The molecule has 0 unspecified atom stereocenters. The standard InChI is InChI=1S/C23H28ClN3O4S/c1-17-9-12-20(13-10-17)32(29,30)27(19-11-14-22(31-2)21(24)15-19)16-23(28)26-25-18-7-5-3-4-6-8-18/h9-15H,3-8,16H2,1-2H3,(H,26,28). The minimum absolute atomic E-state index is 0.0814. The van der Waals surface area contributed by atoms with Crippen molar-refractivity contribution in [2.75, 3.05) is 18.0 Å². The van der Waals surface area contributed by atoms with Crippen LogP contribution in [0.1, 0.15) is 44.1 Å². The molecule has 3 rings (SSSR count). The number of nitrogens with one attached hydrogen (secondary N) is 1. The second-order valence-corrected chi connectivity index (χ2v) is 10.0. The second kappa shape index (κ2) is 10.8. The molecular formula is C23H28ClN3O4S. The number of halogens is 1. The average molecular weight is 478 g/mol. The number of anilines is 1. The molecule has 0 aromatic heterocycles. The van der Waals surface area contributed by atoms with Crippen molar-refractivity contribution in [1.29, 1.82) is 0 Å². The van der Waals surface area contributed by atoms with E-state index in [4.69, 9.17) is 16.3 Å². The van der Waals surface area contributed by atoms with Gasteiger partial charge >= 0.3 is 0 Å². The van der Waals surface area contributed by atoms with E-state index in [1.165, 1.54) is 25.3 Å². The first-order chi connectivity index (χ1) is 15.3. The normalized spacial score (nSPS) is 14.4. The van der Waals surface area contributed by atoms with Crippen LogP contribution in [0.5, 0.6) is 5.75 Å². The number of hydrogen-bond donors (Lipinski definition) is 1. The monoisotopic (exact) mass is 477 g/mol. The maximum Gasteiger partial charge on any atom is 0.264 e. The van der Waals surface area contributed by atoms with Gasteiger partial charge in [0.2, 0.25) is 0 Å². The summed E-state index contributed by atoms with van der Waals surface area (Å²) < 4.78 is 33.1. The van der Waals surface area contributed by atoms with Crippen LogP contribution in [0, 0.1) is 6.92 Å². The number of aryl methyl sites for hydroxylation is 1. The molecule has 1 amide bonds. The van der Waals surface area contributed by atoms with Crippen LogP contribution < -0.4 is 14.5 Å². The number of methoxy groups -OCH3 is 1. The summed E-state index contributed by atoms with van der Waals surface area (Å²) in [7, 11) is -2.55. The molecule has 0 atom stereocenters. The van der Waals surface area contributed by atoms with Crippen molar-refractivity contribution in [3.8, 4) is 5.75 Å². The van der Waals surface area contributed by atoms with Crippen molar-refractivity contribution in [2.24, 2.45) is 5.10 Å². The van der Waals surface area contributed by atoms with Gasteiger partial charge in [0.25, 0.3) is 15.9 Å². The Morgan fingerprint density at radius 2 is 1.75 bits per heavy atom. The Balaban J connectivity index is 1.89.